The molecule has 0 spiro atoms. The molecular formula is C34H46ClN3O11. The van der Waals surface area contributed by atoms with Crippen LogP contribution in [0.4, 0.5) is 10.5 Å². The van der Waals surface area contributed by atoms with Gasteiger partial charge >= 0.3 is 12.1 Å². The number of aliphatic hydroxyl groups is 2. The SMILES string of the molecule is COc1cc2cc(c1Cl)N(C)C(=O)C[C@H](OC(=O)[C@H](C)N(C)C(=O)CO)[C@]1(C)O[C@H]1[C@H](C)[C@@H]1C[C@@](O)(NC(=O)O1)[C@H](OC)/C=C/C=C(\C)C2. The highest BCUT2D eigenvalue weighted by molar-refractivity contribution is 6.35. The second-order valence-corrected chi connectivity index (χ2v) is 13.4. The van der Waals surface area contributed by atoms with Gasteiger partial charge in [-0.1, -0.05) is 42.3 Å². The lowest BCUT2D eigenvalue weighted by Gasteiger charge is -2.42. The minimum atomic E-state index is -1.84. The molecule has 1 aromatic rings. The normalized spacial score (nSPS) is 32.8. The molecule has 3 aliphatic rings. The minimum absolute atomic E-state index is 0.0667. The molecular weight excluding hydrogens is 662 g/mol. The van der Waals surface area contributed by atoms with Gasteiger partial charge in [0.1, 0.15) is 47.3 Å². The number of carbonyl (C=O) groups is 4. The summed E-state index contributed by atoms with van der Waals surface area (Å²) in [5, 5.41) is 23.7. The monoisotopic (exact) mass is 707 g/mol. The molecule has 15 heteroatoms. The minimum Gasteiger partial charge on any atom is -0.495 e. The fourth-order valence-electron chi connectivity index (χ4n) is 6.33. The van der Waals surface area contributed by atoms with E-state index in [0.29, 0.717) is 17.9 Å². The summed E-state index contributed by atoms with van der Waals surface area (Å²) >= 11 is 6.70. The number of methoxy groups -OCH3 is 2. The molecule has 8 atom stereocenters. The first-order valence-electron chi connectivity index (χ1n) is 15.9. The lowest BCUT2D eigenvalue weighted by Crippen LogP contribution is -2.63. The van der Waals surface area contributed by atoms with E-state index in [1.165, 1.54) is 33.1 Å². The van der Waals surface area contributed by atoms with Gasteiger partial charge in [0.25, 0.3) is 0 Å². The van der Waals surface area contributed by atoms with E-state index in [-0.39, 0.29) is 17.9 Å². The number of ether oxygens (including phenoxy) is 5. The summed E-state index contributed by atoms with van der Waals surface area (Å²) in [4.78, 5) is 54.7. The van der Waals surface area contributed by atoms with Crippen LogP contribution in [0.5, 0.6) is 5.75 Å². The summed E-state index contributed by atoms with van der Waals surface area (Å²) in [5.41, 5.74) is -1.00. The van der Waals surface area contributed by atoms with Gasteiger partial charge in [0, 0.05) is 33.5 Å². The summed E-state index contributed by atoms with van der Waals surface area (Å²) in [6.45, 7) is 5.99. The molecule has 3 N–H and O–H groups in total. The number of allylic oxidation sites excluding steroid dienone is 3. The molecule has 3 amide bonds. The quantitative estimate of drug-likeness (QED) is 0.293. The van der Waals surface area contributed by atoms with Crippen molar-refractivity contribution in [3.8, 4) is 5.75 Å². The number of likely N-dealkylation sites (N-methyl/N-ethyl adjacent to an activating group) is 1. The number of fused-ring (bicyclic) bond motifs is 5. The highest BCUT2D eigenvalue weighted by atomic mass is 35.5. The van der Waals surface area contributed by atoms with E-state index >= 15 is 0 Å². The smallest absolute Gasteiger partial charge is 0.409 e. The van der Waals surface area contributed by atoms with Crippen LogP contribution in [0.1, 0.15) is 46.1 Å². The van der Waals surface area contributed by atoms with Crippen molar-refractivity contribution < 1.29 is 53.1 Å². The second kappa shape index (κ2) is 15.1. The Morgan fingerprint density at radius 2 is 1.96 bits per heavy atom. The Labute approximate surface area is 290 Å². The van der Waals surface area contributed by atoms with Gasteiger partial charge in [0.2, 0.25) is 11.8 Å². The maximum absolute atomic E-state index is 14.0. The van der Waals surface area contributed by atoms with Crippen LogP contribution in [-0.2, 0) is 39.8 Å². The van der Waals surface area contributed by atoms with E-state index in [0.717, 1.165) is 16.0 Å². The molecule has 3 heterocycles. The Hall–Kier alpha value is -3.69. The predicted molar refractivity (Wildman–Crippen MR) is 178 cm³/mol. The Kier molecular flexibility index (Phi) is 11.7. The first-order chi connectivity index (χ1) is 23.0. The van der Waals surface area contributed by atoms with E-state index in [1.807, 2.05) is 13.0 Å². The fourth-order valence-corrected chi connectivity index (χ4v) is 6.64. The third-order valence-corrected chi connectivity index (χ3v) is 10.0. The number of esters is 1. The number of anilines is 1. The van der Waals surface area contributed by atoms with Gasteiger partial charge in [0.05, 0.1) is 25.3 Å². The van der Waals surface area contributed by atoms with Crippen molar-refractivity contribution in [1.29, 1.82) is 0 Å². The highest BCUT2D eigenvalue weighted by Gasteiger charge is 2.64. The number of hydrogen-bond acceptors (Lipinski definition) is 11. The summed E-state index contributed by atoms with van der Waals surface area (Å²) in [5.74, 6) is -2.18. The number of aliphatic hydroxyl groups excluding tert-OH is 1. The number of halogens is 1. The van der Waals surface area contributed by atoms with Crippen LogP contribution in [0.25, 0.3) is 0 Å². The van der Waals surface area contributed by atoms with Crippen LogP contribution in [0.2, 0.25) is 5.02 Å². The second-order valence-electron chi connectivity index (χ2n) is 13.1. The maximum atomic E-state index is 14.0. The Balaban J connectivity index is 1.79. The van der Waals surface area contributed by atoms with Gasteiger partial charge in [-0.3, -0.25) is 14.9 Å². The highest BCUT2D eigenvalue weighted by Crippen LogP contribution is 2.49. The topological polar surface area (TPSA) is 177 Å². The van der Waals surface area contributed by atoms with E-state index in [2.05, 4.69) is 5.32 Å². The molecule has 0 radical (unpaired) electrons. The van der Waals surface area contributed by atoms with Crippen LogP contribution in [0, 0.1) is 5.92 Å². The first-order valence-corrected chi connectivity index (χ1v) is 16.3. The zero-order valence-electron chi connectivity index (χ0n) is 29.0. The number of benzene rings is 1. The molecule has 0 saturated carbocycles. The molecule has 2 saturated heterocycles. The molecule has 4 bridgehead atoms. The first kappa shape index (κ1) is 38.1. The number of alkyl carbamates (subject to hydrolysis) is 1. The molecule has 2 fully saturated rings. The number of epoxide rings is 1. The maximum Gasteiger partial charge on any atom is 0.409 e. The van der Waals surface area contributed by atoms with Crippen molar-refractivity contribution in [1.82, 2.24) is 10.2 Å². The number of rotatable bonds is 6. The average Bonchev–Trinajstić information content (AvgIpc) is 3.76. The zero-order valence-corrected chi connectivity index (χ0v) is 29.8. The van der Waals surface area contributed by atoms with Crippen LogP contribution in [-0.4, -0.2) is 116 Å². The summed E-state index contributed by atoms with van der Waals surface area (Å²) in [6.07, 6.45) is 0.723. The van der Waals surface area contributed by atoms with Crippen molar-refractivity contribution in [2.75, 3.05) is 39.8 Å². The van der Waals surface area contributed by atoms with Gasteiger partial charge in [-0.05, 0) is 44.9 Å². The summed E-state index contributed by atoms with van der Waals surface area (Å²) < 4.78 is 28.8. The standard InChI is InChI=1S/C34H46ClN3O11/c1-18-10-9-11-25(46-8)34(44)16-24(47-32(43)36-34)19(2)30-33(4,49-30)26(48-31(42)20(3)37(5)28(41)17-39)15-27(40)38(6)22-13-21(12-18)14-23(45-7)29(22)35/h9-11,13-14,19-20,24-26,30,39,44H,12,15-17H2,1-8H3,(H,36,43)/b11-9+,18-10+/t19-,20+,24+,25-,26+,30+,33+,34+/m1/s1. The van der Waals surface area contributed by atoms with Crippen molar-refractivity contribution >= 4 is 41.2 Å². The van der Waals surface area contributed by atoms with E-state index < -0.39 is 78.2 Å². The van der Waals surface area contributed by atoms with E-state index in [9.17, 15) is 29.4 Å². The number of hydrogen-bond donors (Lipinski definition) is 3. The van der Waals surface area contributed by atoms with Crippen molar-refractivity contribution in [2.24, 2.45) is 5.92 Å². The molecule has 0 unspecified atom stereocenters. The number of nitrogens with one attached hydrogen (secondary N) is 1. The van der Waals surface area contributed by atoms with Gasteiger partial charge in [0.15, 0.2) is 5.72 Å². The average molecular weight is 708 g/mol. The third-order valence-electron chi connectivity index (χ3n) is 9.66. The number of nitrogens with zero attached hydrogens (tertiary/aromatic N) is 2. The number of amides is 3. The Bertz CT molecular complexity index is 1520. The van der Waals surface area contributed by atoms with Gasteiger partial charge in [-0.2, -0.15) is 0 Å². The van der Waals surface area contributed by atoms with Crippen molar-refractivity contribution in [3.05, 3.63) is 46.5 Å². The van der Waals surface area contributed by atoms with Gasteiger partial charge < -0.3 is 43.7 Å². The lowest BCUT2D eigenvalue weighted by atomic mass is 9.83. The van der Waals surface area contributed by atoms with E-state index in [1.54, 1.807) is 45.2 Å². The van der Waals surface area contributed by atoms with Crippen LogP contribution in [0.3, 0.4) is 0 Å². The van der Waals surface area contributed by atoms with E-state index in [4.69, 9.17) is 35.3 Å². The van der Waals surface area contributed by atoms with Crippen LogP contribution in [0.15, 0.2) is 35.9 Å². The fraction of sp³-hybridized carbons (Fsp3) is 0.588. The summed E-state index contributed by atoms with van der Waals surface area (Å²) in [7, 11) is 5.79. The van der Waals surface area contributed by atoms with Crippen LogP contribution < -0.4 is 15.0 Å². The molecule has 49 heavy (non-hydrogen) atoms. The molecule has 1 aromatic carbocycles. The molecule has 4 rings (SSSR count). The summed E-state index contributed by atoms with van der Waals surface area (Å²) in [6, 6.07) is 2.44. The molecule has 14 nitrogen and oxygen atoms in total. The molecule has 0 aromatic heterocycles. The van der Waals surface area contributed by atoms with Gasteiger partial charge in [-0.25, -0.2) is 9.59 Å². The lowest BCUT2D eigenvalue weighted by molar-refractivity contribution is -0.162. The number of carbonyl (C=O) groups excluding carboxylic acids is 4. The zero-order chi connectivity index (χ0) is 36.4. The van der Waals surface area contributed by atoms with Crippen molar-refractivity contribution in [2.45, 2.75) is 88.7 Å². The Morgan fingerprint density at radius 1 is 1.27 bits per heavy atom. The Morgan fingerprint density at radius 3 is 2.59 bits per heavy atom. The van der Waals surface area contributed by atoms with Crippen LogP contribution >= 0.6 is 11.6 Å². The predicted octanol–water partition coefficient (Wildman–Crippen LogP) is 2.51. The van der Waals surface area contributed by atoms with Gasteiger partial charge in [-0.15, -0.1) is 0 Å². The molecule has 3 aliphatic heterocycles. The van der Waals surface area contributed by atoms with Crippen molar-refractivity contribution in [3.63, 3.8) is 0 Å². The third kappa shape index (κ3) is 8.04. The largest absolute Gasteiger partial charge is 0.495 e. The molecule has 0 aliphatic carbocycles. The molecule has 270 valence electrons.